The van der Waals surface area contributed by atoms with Gasteiger partial charge in [0.15, 0.2) is 0 Å². The molecule has 0 spiro atoms. The van der Waals surface area contributed by atoms with E-state index < -0.39 is 0 Å². The summed E-state index contributed by atoms with van der Waals surface area (Å²) in [5, 5.41) is 12.3. The van der Waals surface area contributed by atoms with Gasteiger partial charge in [0.25, 0.3) is 0 Å². The Morgan fingerprint density at radius 2 is 2.18 bits per heavy atom. The molecule has 0 aromatic heterocycles. The molecule has 0 amide bonds. The Kier molecular flexibility index (Phi) is 3.37. The van der Waals surface area contributed by atoms with Crippen LogP contribution in [0.25, 0.3) is 0 Å². The molecule has 0 heterocycles. The first-order valence-electron chi connectivity index (χ1n) is 3.24. The predicted octanol–water partition coefficient (Wildman–Crippen LogP) is -0.666. The molecule has 0 aliphatic rings. The maximum absolute atomic E-state index is 7.00. The van der Waals surface area contributed by atoms with Gasteiger partial charge in [-0.15, -0.1) is 6.58 Å². The summed E-state index contributed by atoms with van der Waals surface area (Å²) < 4.78 is 0. The molecule has 60 valence electrons. The van der Waals surface area contributed by atoms with Crippen molar-refractivity contribution in [1.82, 2.24) is 5.01 Å². The van der Waals surface area contributed by atoms with Crippen LogP contribution in [0.15, 0.2) is 17.2 Å². The Balaban J connectivity index is 4.31. The molecule has 0 fully saturated rings. The van der Waals surface area contributed by atoms with E-state index in [4.69, 9.17) is 11.1 Å². The molecule has 0 aromatic carbocycles. The van der Waals surface area contributed by atoms with Crippen LogP contribution in [0.3, 0.4) is 0 Å². The Bertz CT molecular complexity index is 209. The zero-order chi connectivity index (χ0) is 9.02. The standard InChI is InChI=1S/C6H13BN4/c1-4(7)5(2)10-11(3)6(8)9/h1,7H2,2-3H3,(H3,8,9)/b10-5+. The highest BCUT2D eigenvalue weighted by molar-refractivity contribution is 6.37. The van der Waals surface area contributed by atoms with Gasteiger partial charge in [-0.25, -0.2) is 5.01 Å². The lowest BCUT2D eigenvalue weighted by atomic mass is 9.94. The number of hydrogen-bond acceptors (Lipinski definition) is 2. The van der Waals surface area contributed by atoms with Crippen LogP contribution in [0.5, 0.6) is 0 Å². The van der Waals surface area contributed by atoms with E-state index in [1.54, 1.807) is 7.05 Å². The second-order valence-corrected chi connectivity index (χ2v) is 2.37. The summed E-state index contributed by atoms with van der Waals surface area (Å²) in [6.45, 7) is 5.52. The van der Waals surface area contributed by atoms with E-state index in [0.29, 0.717) is 0 Å². The Morgan fingerprint density at radius 3 is 2.45 bits per heavy atom. The van der Waals surface area contributed by atoms with E-state index in [2.05, 4.69) is 11.7 Å². The molecular formula is C6H13BN4. The van der Waals surface area contributed by atoms with Crippen LogP contribution in [0, 0.1) is 5.41 Å². The third-order valence-corrected chi connectivity index (χ3v) is 1.27. The summed E-state index contributed by atoms with van der Waals surface area (Å²) >= 11 is 0. The molecule has 5 heteroatoms. The molecule has 0 saturated heterocycles. The third-order valence-electron chi connectivity index (χ3n) is 1.27. The summed E-state index contributed by atoms with van der Waals surface area (Å²) in [5.74, 6) is -0.0781. The van der Waals surface area contributed by atoms with Gasteiger partial charge in [0, 0.05) is 7.05 Å². The molecule has 0 saturated carbocycles. The molecule has 0 unspecified atom stereocenters. The van der Waals surface area contributed by atoms with Crippen LogP contribution >= 0.6 is 0 Å². The van der Waals surface area contributed by atoms with Crippen molar-refractivity contribution in [3.05, 3.63) is 12.1 Å². The molecule has 0 atom stereocenters. The molecule has 4 nitrogen and oxygen atoms in total. The Hall–Kier alpha value is -1.26. The topological polar surface area (TPSA) is 65.5 Å². The maximum atomic E-state index is 7.00. The van der Waals surface area contributed by atoms with Gasteiger partial charge in [-0.2, -0.15) is 5.10 Å². The van der Waals surface area contributed by atoms with Crippen LogP contribution < -0.4 is 5.73 Å². The summed E-state index contributed by atoms with van der Waals surface area (Å²) in [7, 11) is 3.47. The van der Waals surface area contributed by atoms with Crippen molar-refractivity contribution in [2.75, 3.05) is 7.05 Å². The number of nitrogens with zero attached hydrogens (tertiary/aromatic N) is 2. The van der Waals surface area contributed by atoms with Gasteiger partial charge in [-0.3, -0.25) is 5.41 Å². The molecule has 0 radical (unpaired) electrons. The first-order chi connectivity index (χ1) is 4.95. The van der Waals surface area contributed by atoms with E-state index in [0.717, 1.165) is 11.2 Å². The fraction of sp³-hybridized carbons (Fsp3) is 0.333. The fourth-order valence-corrected chi connectivity index (χ4v) is 0.364. The smallest absolute Gasteiger partial charge is 0.208 e. The van der Waals surface area contributed by atoms with Crippen molar-refractivity contribution in [2.45, 2.75) is 6.92 Å². The van der Waals surface area contributed by atoms with Gasteiger partial charge >= 0.3 is 0 Å². The van der Waals surface area contributed by atoms with Crippen LogP contribution in [-0.4, -0.2) is 31.6 Å². The molecule has 0 rings (SSSR count). The molecule has 3 N–H and O–H groups in total. The van der Waals surface area contributed by atoms with Crippen molar-refractivity contribution < 1.29 is 0 Å². The second kappa shape index (κ2) is 3.80. The quantitative estimate of drug-likeness (QED) is 0.238. The number of rotatable bonds is 2. The monoisotopic (exact) mass is 152 g/mol. The molecular weight excluding hydrogens is 139 g/mol. The van der Waals surface area contributed by atoms with E-state index in [9.17, 15) is 0 Å². The predicted molar refractivity (Wildman–Crippen MR) is 50.5 cm³/mol. The van der Waals surface area contributed by atoms with Crippen molar-refractivity contribution in [3.63, 3.8) is 0 Å². The average Bonchev–Trinajstić information content (AvgIpc) is 1.87. The first kappa shape index (κ1) is 9.74. The normalized spacial score (nSPS) is 10.9. The molecule has 0 aromatic rings. The van der Waals surface area contributed by atoms with E-state index >= 15 is 0 Å². The molecule has 0 aliphatic heterocycles. The number of nitrogens with two attached hydrogens (primary N) is 1. The second-order valence-electron chi connectivity index (χ2n) is 2.37. The van der Waals surface area contributed by atoms with Crippen molar-refractivity contribution in [1.29, 1.82) is 5.41 Å². The maximum Gasteiger partial charge on any atom is 0.208 e. The highest BCUT2D eigenvalue weighted by atomic mass is 15.5. The SMILES string of the molecule is BC(=C)/C(C)=N/N(C)C(=N)N. The van der Waals surface area contributed by atoms with Gasteiger partial charge in [-0.1, -0.05) is 5.47 Å². The fourth-order valence-electron chi connectivity index (χ4n) is 0.364. The third kappa shape index (κ3) is 3.45. The largest absolute Gasteiger partial charge is 0.369 e. The van der Waals surface area contributed by atoms with Gasteiger partial charge in [0.1, 0.15) is 7.85 Å². The van der Waals surface area contributed by atoms with Crippen LogP contribution in [-0.2, 0) is 0 Å². The van der Waals surface area contributed by atoms with Crippen LogP contribution in [0.1, 0.15) is 6.92 Å². The molecule has 11 heavy (non-hydrogen) atoms. The number of guanidine groups is 1. The van der Waals surface area contributed by atoms with Crippen LogP contribution in [0.4, 0.5) is 0 Å². The minimum absolute atomic E-state index is 0.0781. The van der Waals surface area contributed by atoms with Crippen molar-refractivity contribution in [3.8, 4) is 0 Å². The van der Waals surface area contributed by atoms with Gasteiger partial charge in [0.2, 0.25) is 5.96 Å². The zero-order valence-corrected chi connectivity index (χ0v) is 7.18. The zero-order valence-electron chi connectivity index (χ0n) is 7.18. The van der Waals surface area contributed by atoms with Crippen molar-refractivity contribution in [2.24, 2.45) is 10.8 Å². The Morgan fingerprint density at radius 1 is 1.73 bits per heavy atom. The lowest BCUT2D eigenvalue weighted by molar-refractivity contribution is 0.533. The minimum atomic E-state index is -0.0781. The van der Waals surface area contributed by atoms with E-state index in [-0.39, 0.29) is 5.96 Å². The van der Waals surface area contributed by atoms with Gasteiger partial charge < -0.3 is 5.73 Å². The lowest BCUT2D eigenvalue weighted by Gasteiger charge is -2.10. The summed E-state index contributed by atoms with van der Waals surface area (Å²) in [6.07, 6.45) is 0. The summed E-state index contributed by atoms with van der Waals surface area (Å²) in [5.41, 5.74) is 6.81. The number of allylic oxidation sites excluding steroid dienone is 1. The summed E-state index contributed by atoms with van der Waals surface area (Å²) in [6, 6.07) is 0. The highest BCUT2D eigenvalue weighted by Crippen LogP contribution is 1.90. The molecule has 0 aliphatic carbocycles. The number of hydrazone groups is 1. The lowest BCUT2D eigenvalue weighted by Crippen LogP contribution is -2.29. The number of nitrogens with one attached hydrogen (secondary N) is 1. The number of hydrogen-bond donors (Lipinski definition) is 2. The average molecular weight is 152 g/mol. The Labute approximate surface area is 67.7 Å². The van der Waals surface area contributed by atoms with Gasteiger partial charge in [-0.05, 0) is 6.92 Å². The van der Waals surface area contributed by atoms with E-state index in [1.165, 1.54) is 5.01 Å². The minimum Gasteiger partial charge on any atom is -0.369 e. The van der Waals surface area contributed by atoms with Crippen molar-refractivity contribution >= 4 is 19.5 Å². The highest BCUT2D eigenvalue weighted by Gasteiger charge is 1.97. The van der Waals surface area contributed by atoms with E-state index in [1.807, 2.05) is 14.8 Å². The van der Waals surface area contributed by atoms with Crippen LogP contribution in [0.2, 0.25) is 0 Å². The first-order valence-corrected chi connectivity index (χ1v) is 3.24. The summed E-state index contributed by atoms with van der Waals surface area (Å²) in [4.78, 5) is 0. The van der Waals surface area contributed by atoms with Gasteiger partial charge in [0.05, 0.1) is 5.71 Å². The molecule has 0 bridgehead atoms.